The quantitative estimate of drug-likeness (QED) is 0.433. The van der Waals surface area contributed by atoms with E-state index in [1.54, 1.807) is 0 Å². The number of amides is 1. The largest absolute Gasteiger partial charge is 0.480 e. The van der Waals surface area contributed by atoms with E-state index in [9.17, 15) is 14.7 Å². The Morgan fingerprint density at radius 1 is 0.941 bits per heavy atom. The number of carboxylic acids is 1. The average Bonchev–Trinajstić information content (AvgIpc) is 3.16. The molecule has 0 radical (unpaired) electrons. The summed E-state index contributed by atoms with van der Waals surface area (Å²) in [5, 5.41) is 12.2. The third kappa shape index (κ3) is 5.51. The van der Waals surface area contributed by atoms with Crippen molar-refractivity contribution in [2.45, 2.75) is 25.3 Å². The minimum absolute atomic E-state index is 0. The number of carbonyl (C=O) groups is 2. The van der Waals surface area contributed by atoms with E-state index in [2.05, 4.69) is 22.3 Å². The SMILES string of the molecule is CCN(CC[C@H](NC(=O)OCC1c2ccccc2-c2ccccc21)C(=O)O)c1ccccc1.Cl. The summed E-state index contributed by atoms with van der Waals surface area (Å²) in [4.78, 5) is 26.4. The van der Waals surface area contributed by atoms with Crippen LogP contribution in [0.25, 0.3) is 11.1 Å². The normalized spacial score (nSPS) is 12.6. The number of nitrogens with zero attached hydrogens (tertiary/aromatic N) is 1. The van der Waals surface area contributed by atoms with Crippen LogP contribution in [0.15, 0.2) is 78.9 Å². The summed E-state index contributed by atoms with van der Waals surface area (Å²) in [7, 11) is 0. The van der Waals surface area contributed by atoms with Crippen molar-refractivity contribution < 1.29 is 19.4 Å². The average molecular weight is 481 g/mol. The van der Waals surface area contributed by atoms with Crippen LogP contribution in [0.1, 0.15) is 30.4 Å². The molecule has 2 N–H and O–H groups in total. The fourth-order valence-corrected chi connectivity index (χ4v) is 4.43. The first kappa shape index (κ1) is 25.1. The van der Waals surface area contributed by atoms with Crippen LogP contribution in [0, 0.1) is 0 Å². The Morgan fingerprint density at radius 3 is 2.06 bits per heavy atom. The Bertz CT molecular complexity index is 1080. The Kier molecular flexibility index (Phi) is 8.55. The van der Waals surface area contributed by atoms with Gasteiger partial charge in [0.2, 0.25) is 0 Å². The fraction of sp³-hybridized carbons (Fsp3) is 0.259. The van der Waals surface area contributed by atoms with E-state index in [-0.39, 0.29) is 31.4 Å². The molecule has 7 heteroatoms. The minimum atomic E-state index is -1.08. The molecule has 6 nitrogen and oxygen atoms in total. The van der Waals surface area contributed by atoms with Crippen LogP contribution in [0.2, 0.25) is 0 Å². The number of ether oxygens (including phenoxy) is 1. The molecule has 34 heavy (non-hydrogen) atoms. The van der Waals surface area contributed by atoms with Crippen LogP contribution in [0.3, 0.4) is 0 Å². The highest BCUT2D eigenvalue weighted by Gasteiger charge is 2.29. The zero-order chi connectivity index (χ0) is 23.2. The topological polar surface area (TPSA) is 78.9 Å². The molecule has 0 unspecified atom stereocenters. The lowest BCUT2D eigenvalue weighted by Gasteiger charge is -2.25. The summed E-state index contributed by atoms with van der Waals surface area (Å²) in [6.45, 7) is 3.40. The molecule has 0 spiro atoms. The smallest absolute Gasteiger partial charge is 0.407 e. The number of hydrogen-bond donors (Lipinski definition) is 2. The van der Waals surface area contributed by atoms with Crippen molar-refractivity contribution in [3.8, 4) is 11.1 Å². The predicted molar refractivity (Wildman–Crippen MR) is 136 cm³/mol. The number of halogens is 1. The molecule has 1 aliphatic carbocycles. The minimum Gasteiger partial charge on any atom is -0.480 e. The molecule has 1 amide bonds. The number of alkyl carbamates (subject to hydrolysis) is 1. The van der Waals surface area contributed by atoms with Crippen molar-refractivity contribution in [3.05, 3.63) is 90.0 Å². The number of anilines is 1. The number of carboxylic acid groups (broad SMARTS) is 1. The van der Waals surface area contributed by atoms with Gasteiger partial charge in [-0.2, -0.15) is 0 Å². The van der Waals surface area contributed by atoms with Crippen molar-refractivity contribution in [2.24, 2.45) is 0 Å². The highest BCUT2D eigenvalue weighted by molar-refractivity contribution is 5.85. The van der Waals surface area contributed by atoms with Crippen molar-refractivity contribution in [3.63, 3.8) is 0 Å². The van der Waals surface area contributed by atoms with Crippen molar-refractivity contribution in [1.29, 1.82) is 0 Å². The first-order chi connectivity index (χ1) is 16.1. The lowest BCUT2D eigenvalue weighted by molar-refractivity contribution is -0.139. The van der Waals surface area contributed by atoms with Gasteiger partial charge in [0.25, 0.3) is 0 Å². The van der Waals surface area contributed by atoms with Crippen molar-refractivity contribution in [1.82, 2.24) is 5.32 Å². The second kappa shape index (κ2) is 11.6. The Morgan fingerprint density at radius 2 is 1.50 bits per heavy atom. The Hall–Kier alpha value is -3.51. The number of aliphatic carboxylic acids is 1. The van der Waals surface area contributed by atoms with Gasteiger partial charge in [0.05, 0.1) is 0 Å². The van der Waals surface area contributed by atoms with Crippen molar-refractivity contribution >= 4 is 30.2 Å². The molecule has 0 fully saturated rings. The molecular formula is C27H29ClN2O4. The van der Waals surface area contributed by atoms with E-state index in [1.165, 1.54) is 0 Å². The maximum atomic E-state index is 12.5. The molecule has 0 bridgehead atoms. The zero-order valence-corrected chi connectivity index (χ0v) is 19.8. The molecule has 0 saturated carbocycles. The maximum Gasteiger partial charge on any atom is 0.407 e. The van der Waals surface area contributed by atoms with Crippen LogP contribution < -0.4 is 10.2 Å². The third-order valence-corrected chi connectivity index (χ3v) is 6.12. The third-order valence-electron chi connectivity index (χ3n) is 6.12. The summed E-state index contributed by atoms with van der Waals surface area (Å²) in [6, 6.07) is 25.0. The molecule has 4 rings (SSSR count). The predicted octanol–water partition coefficient (Wildman–Crippen LogP) is 5.32. The van der Waals surface area contributed by atoms with Gasteiger partial charge in [-0.25, -0.2) is 9.59 Å². The Labute approximate surface area is 206 Å². The molecule has 3 aromatic carbocycles. The van der Waals surface area contributed by atoms with Gasteiger partial charge in [-0.15, -0.1) is 12.4 Å². The van der Waals surface area contributed by atoms with Crippen molar-refractivity contribution in [2.75, 3.05) is 24.6 Å². The van der Waals surface area contributed by atoms with Gasteiger partial charge in [0, 0.05) is 24.7 Å². The first-order valence-corrected chi connectivity index (χ1v) is 11.2. The van der Waals surface area contributed by atoms with E-state index in [4.69, 9.17) is 4.74 Å². The number of carbonyl (C=O) groups excluding carboxylic acids is 1. The highest BCUT2D eigenvalue weighted by Crippen LogP contribution is 2.44. The van der Waals surface area contributed by atoms with Gasteiger partial charge in [0.15, 0.2) is 0 Å². The van der Waals surface area contributed by atoms with E-state index in [0.29, 0.717) is 6.54 Å². The molecule has 0 aliphatic heterocycles. The van der Waals surface area contributed by atoms with E-state index in [0.717, 1.165) is 34.5 Å². The summed E-state index contributed by atoms with van der Waals surface area (Å²) in [6.07, 6.45) is -0.450. The Balaban J connectivity index is 0.00000324. The summed E-state index contributed by atoms with van der Waals surface area (Å²) in [5.74, 6) is -1.15. The van der Waals surface area contributed by atoms with E-state index >= 15 is 0 Å². The second-order valence-electron chi connectivity index (χ2n) is 8.06. The van der Waals surface area contributed by atoms with Crippen LogP contribution in [0.5, 0.6) is 0 Å². The van der Waals surface area contributed by atoms with Gasteiger partial charge in [-0.3, -0.25) is 0 Å². The van der Waals surface area contributed by atoms with Gasteiger partial charge in [-0.05, 0) is 47.7 Å². The molecule has 0 aromatic heterocycles. The van der Waals surface area contributed by atoms with Gasteiger partial charge in [-0.1, -0.05) is 66.7 Å². The second-order valence-corrected chi connectivity index (χ2v) is 8.06. The molecular weight excluding hydrogens is 452 g/mol. The van der Waals surface area contributed by atoms with E-state index < -0.39 is 18.1 Å². The molecule has 3 aromatic rings. The molecule has 0 heterocycles. The number of fused-ring (bicyclic) bond motifs is 3. The number of para-hydroxylation sites is 1. The van der Waals surface area contributed by atoms with Crippen LogP contribution >= 0.6 is 12.4 Å². The van der Waals surface area contributed by atoms with Gasteiger partial charge < -0.3 is 20.1 Å². The van der Waals surface area contributed by atoms with Crippen LogP contribution in [0.4, 0.5) is 10.5 Å². The number of benzene rings is 3. The van der Waals surface area contributed by atoms with E-state index in [1.807, 2.05) is 73.7 Å². The maximum absolute atomic E-state index is 12.5. The number of rotatable bonds is 9. The lowest BCUT2D eigenvalue weighted by Crippen LogP contribution is -2.43. The first-order valence-electron chi connectivity index (χ1n) is 11.2. The summed E-state index contributed by atoms with van der Waals surface area (Å²) >= 11 is 0. The van der Waals surface area contributed by atoms with Gasteiger partial charge >= 0.3 is 12.1 Å². The molecule has 178 valence electrons. The standard InChI is InChI=1S/C27H28N2O4.ClH/c1-2-29(19-10-4-3-5-11-19)17-16-25(26(30)31)28-27(32)33-18-24-22-14-8-6-12-20(22)21-13-7-9-15-23(21)24;/h3-15,24-25H,2,16-18H2,1H3,(H,28,32)(H,30,31);1H/t25-;/m0./s1. The highest BCUT2D eigenvalue weighted by atomic mass is 35.5. The fourth-order valence-electron chi connectivity index (χ4n) is 4.43. The van der Waals surface area contributed by atoms with Crippen LogP contribution in [-0.4, -0.2) is 42.9 Å². The number of nitrogens with one attached hydrogen (secondary N) is 1. The number of hydrogen-bond acceptors (Lipinski definition) is 4. The monoisotopic (exact) mass is 480 g/mol. The molecule has 1 aliphatic rings. The molecule has 1 atom stereocenters. The summed E-state index contributed by atoms with van der Waals surface area (Å²) in [5.41, 5.74) is 5.54. The van der Waals surface area contributed by atoms with Crippen LogP contribution in [-0.2, 0) is 9.53 Å². The zero-order valence-electron chi connectivity index (χ0n) is 19.0. The lowest BCUT2D eigenvalue weighted by atomic mass is 9.98. The van der Waals surface area contributed by atoms with Gasteiger partial charge in [0.1, 0.15) is 12.6 Å². The summed E-state index contributed by atoms with van der Waals surface area (Å²) < 4.78 is 5.51. The molecule has 0 saturated heterocycles.